The standard InChI is InChI=1S/C25H26N6O2/c26-25-27-16-21(17-28-25)22-14-20(15-23(29-22)30-10-12-33-13-11-30)18-6-8-31(9-7-18)24(32)19-4-2-1-3-5-19/h1-6,14-17H,7-13H2,(H2,26,27,28). The molecule has 33 heavy (non-hydrogen) atoms. The van der Waals surface area contributed by atoms with Crippen LogP contribution in [0.4, 0.5) is 11.8 Å². The van der Waals surface area contributed by atoms with Crippen molar-refractivity contribution in [1.82, 2.24) is 19.9 Å². The van der Waals surface area contributed by atoms with Gasteiger partial charge in [-0.05, 0) is 41.8 Å². The van der Waals surface area contributed by atoms with Gasteiger partial charge in [-0.15, -0.1) is 0 Å². The number of carbonyl (C=O) groups excluding carboxylic acids is 1. The molecule has 2 aliphatic heterocycles. The molecule has 0 aliphatic carbocycles. The van der Waals surface area contributed by atoms with Crippen LogP contribution in [0.3, 0.4) is 0 Å². The number of morpholine rings is 1. The molecule has 2 aliphatic rings. The minimum absolute atomic E-state index is 0.0642. The topological polar surface area (TPSA) is 97.5 Å². The molecular weight excluding hydrogens is 416 g/mol. The zero-order valence-electron chi connectivity index (χ0n) is 18.4. The second kappa shape index (κ2) is 9.38. The van der Waals surface area contributed by atoms with Gasteiger partial charge in [-0.25, -0.2) is 15.0 Å². The summed E-state index contributed by atoms with van der Waals surface area (Å²) in [6.45, 7) is 4.23. The number of hydrogen-bond donors (Lipinski definition) is 1. The van der Waals surface area contributed by atoms with E-state index in [2.05, 4.69) is 33.1 Å². The molecule has 3 aromatic rings. The van der Waals surface area contributed by atoms with Gasteiger partial charge in [-0.2, -0.15) is 0 Å². The van der Waals surface area contributed by atoms with Gasteiger partial charge in [0.2, 0.25) is 5.95 Å². The van der Waals surface area contributed by atoms with Gasteiger partial charge in [0.05, 0.1) is 18.9 Å². The monoisotopic (exact) mass is 442 g/mol. The number of pyridine rings is 1. The second-order valence-corrected chi connectivity index (χ2v) is 8.13. The van der Waals surface area contributed by atoms with Crippen LogP contribution >= 0.6 is 0 Å². The maximum atomic E-state index is 12.8. The van der Waals surface area contributed by atoms with E-state index in [4.69, 9.17) is 15.5 Å². The van der Waals surface area contributed by atoms with Crippen LogP contribution in [0.2, 0.25) is 0 Å². The fourth-order valence-corrected chi connectivity index (χ4v) is 4.15. The van der Waals surface area contributed by atoms with Gasteiger partial charge in [0.25, 0.3) is 5.91 Å². The van der Waals surface area contributed by atoms with E-state index in [0.29, 0.717) is 26.3 Å². The van der Waals surface area contributed by atoms with Crippen molar-refractivity contribution in [3.8, 4) is 11.3 Å². The molecule has 8 nitrogen and oxygen atoms in total. The van der Waals surface area contributed by atoms with E-state index in [-0.39, 0.29) is 11.9 Å². The molecule has 0 atom stereocenters. The third-order valence-electron chi connectivity index (χ3n) is 6.00. The molecule has 0 saturated carbocycles. The van der Waals surface area contributed by atoms with E-state index in [1.807, 2.05) is 35.2 Å². The molecule has 4 heterocycles. The lowest BCUT2D eigenvalue weighted by atomic mass is 9.98. The third kappa shape index (κ3) is 4.70. The SMILES string of the molecule is Nc1ncc(-c2cc(C3=CCN(C(=O)c4ccccc4)CC3)cc(N3CCOCC3)n2)cn1. The van der Waals surface area contributed by atoms with Crippen molar-refractivity contribution in [1.29, 1.82) is 0 Å². The smallest absolute Gasteiger partial charge is 0.254 e. The number of rotatable bonds is 4. The number of carbonyl (C=O) groups is 1. The summed E-state index contributed by atoms with van der Waals surface area (Å²) in [5.41, 5.74) is 10.3. The fraction of sp³-hybridized carbons (Fsp3) is 0.280. The van der Waals surface area contributed by atoms with Gasteiger partial charge in [0.15, 0.2) is 0 Å². The number of nitrogens with zero attached hydrogens (tertiary/aromatic N) is 5. The van der Waals surface area contributed by atoms with Crippen LogP contribution in [0.1, 0.15) is 22.3 Å². The number of nitrogen functional groups attached to an aromatic ring is 1. The lowest BCUT2D eigenvalue weighted by molar-refractivity contribution is 0.0773. The summed E-state index contributed by atoms with van der Waals surface area (Å²) in [5.74, 6) is 1.21. The van der Waals surface area contributed by atoms with E-state index < -0.39 is 0 Å². The maximum absolute atomic E-state index is 12.8. The Labute approximate surface area is 192 Å². The Kier molecular flexibility index (Phi) is 5.99. The first-order chi connectivity index (χ1) is 16.2. The Morgan fingerprint density at radius 3 is 2.42 bits per heavy atom. The van der Waals surface area contributed by atoms with Gasteiger partial charge in [0.1, 0.15) is 5.82 Å². The molecule has 1 fully saturated rings. The van der Waals surface area contributed by atoms with Crippen LogP contribution in [0.25, 0.3) is 16.8 Å². The van der Waals surface area contributed by atoms with Crippen LogP contribution in [0.5, 0.6) is 0 Å². The predicted octanol–water partition coefficient (Wildman–Crippen LogP) is 2.89. The minimum Gasteiger partial charge on any atom is -0.378 e. The largest absolute Gasteiger partial charge is 0.378 e. The molecule has 1 aromatic carbocycles. The lowest BCUT2D eigenvalue weighted by Crippen LogP contribution is -2.37. The first-order valence-corrected chi connectivity index (χ1v) is 11.1. The molecule has 168 valence electrons. The zero-order valence-corrected chi connectivity index (χ0v) is 18.4. The van der Waals surface area contributed by atoms with Crippen LogP contribution in [-0.4, -0.2) is 65.2 Å². The van der Waals surface area contributed by atoms with Crippen molar-refractivity contribution in [3.05, 3.63) is 72.1 Å². The van der Waals surface area contributed by atoms with Crippen LogP contribution in [-0.2, 0) is 4.74 Å². The van der Waals surface area contributed by atoms with Crippen molar-refractivity contribution < 1.29 is 9.53 Å². The third-order valence-corrected chi connectivity index (χ3v) is 6.00. The van der Waals surface area contributed by atoms with E-state index in [1.54, 1.807) is 12.4 Å². The summed E-state index contributed by atoms with van der Waals surface area (Å²) in [7, 11) is 0. The number of nitrogens with two attached hydrogens (primary N) is 1. The highest BCUT2D eigenvalue weighted by atomic mass is 16.5. The number of anilines is 2. The Bertz CT molecular complexity index is 1160. The van der Waals surface area contributed by atoms with E-state index in [9.17, 15) is 4.79 Å². The molecule has 5 rings (SSSR count). The number of aromatic nitrogens is 3. The number of hydrogen-bond acceptors (Lipinski definition) is 7. The summed E-state index contributed by atoms with van der Waals surface area (Å²) >= 11 is 0. The molecular formula is C25H26N6O2. The summed E-state index contributed by atoms with van der Waals surface area (Å²) in [6.07, 6.45) is 6.33. The maximum Gasteiger partial charge on any atom is 0.254 e. The van der Waals surface area contributed by atoms with Gasteiger partial charge in [0, 0.05) is 49.7 Å². The molecule has 1 amide bonds. The predicted molar refractivity (Wildman–Crippen MR) is 128 cm³/mol. The summed E-state index contributed by atoms with van der Waals surface area (Å²) in [4.78, 5) is 30.1. The Morgan fingerprint density at radius 2 is 1.73 bits per heavy atom. The van der Waals surface area contributed by atoms with E-state index in [1.165, 1.54) is 5.57 Å². The van der Waals surface area contributed by atoms with Crippen LogP contribution < -0.4 is 10.6 Å². The second-order valence-electron chi connectivity index (χ2n) is 8.13. The van der Waals surface area contributed by atoms with E-state index in [0.717, 1.165) is 47.7 Å². The Morgan fingerprint density at radius 1 is 0.970 bits per heavy atom. The highest BCUT2D eigenvalue weighted by Crippen LogP contribution is 2.30. The highest BCUT2D eigenvalue weighted by molar-refractivity contribution is 5.94. The number of benzene rings is 1. The van der Waals surface area contributed by atoms with Gasteiger partial charge in [-0.1, -0.05) is 24.3 Å². The summed E-state index contributed by atoms with van der Waals surface area (Å²) in [6, 6.07) is 13.6. The normalized spacial score (nSPS) is 16.4. The molecule has 1 saturated heterocycles. The molecule has 0 spiro atoms. The molecule has 2 N–H and O–H groups in total. The number of amides is 1. The van der Waals surface area contributed by atoms with E-state index >= 15 is 0 Å². The molecule has 0 bridgehead atoms. The first-order valence-electron chi connectivity index (χ1n) is 11.1. The highest BCUT2D eigenvalue weighted by Gasteiger charge is 2.21. The molecule has 8 heteroatoms. The average Bonchev–Trinajstić information content (AvgIpc) is 2.89. The summed E-state index contributed by atoms with van der Waals surface area (Å²) in [5, 5.41) is 0. The molecule has 2 aromatic heterocycles. The lowest BCUT2D eigenvalue weighted by Gasteiger charge is -2.30. The van der Waals surface area contributed by atoms with Crippen LogP contribution in [0.15, 0.2) is 60.9 Å². The first kappa shape index (κ1) is 21.1. The van der Waals surface area contributed by atoms with Crippen molar-refractivity contribution in [3.63, 3.8) is 0 Å². The quantitative estimate of drug-likeness (QED) is 0.663. The van der Waals surface area contributed by atoms with Crippen molar-refractivity contribution >= 4 is 23.2 Å². The van der Waals surface area contributed by atoms with Gasteiger partial charge >= 0.3 is 0 Å². The van der Waals surface area contributed by atoms with Crippen molar-refractivity contribution in [2.24, 2.45) is 0 Å². The zero-order chi connectivity index (χ0) is 22.6. The van der Waals surface area contributed by atoms with Gasteiger partial charge in [-0.3, -0.25) is 4.79 Å². The van der Waals surface area contributed by atoms with Crippen LogP contribution in [0, 0.1) is 0 Å². The van der Waals surface area contributed by atoms with Crippen molar-refractivity contribution in [2.75, 3.05) is 50.0 Å². The fourth-order valence-electron chi connectivity index (χ4n) is 4.15. The Balaban J connectivity index is 1.44. The Hall–Kier alpha value is -3.78. The number of ether oxygens (including phenoxy) is 1. The molecule has 0 unspecified atom stereocenters. The minimum atomic E-state index is 0.0642. The van der Waals surface area contributed by atoms with Gasteiger partial charge < -0.3 is 20.3 Å². The average molecular weight is 443 g/mol. The molecule has 0 radical (unpaired) electrons. The van der Waals surface area contributed by atoms with Crippen molar-refractivity contribution in [2.45, 2.75) is 6.42 Å². The summed E-state index contributed by atoms with van der Waals surface area (Å²) < 4.78 is 5.51.